The number of aromatic nitrogens is 2. The van der Waals surface area contributed by atoms with Crippen LogP contribution in [0.3, 0.4) is 0 Å². The second-order valence-corrected chi connectivity index (χ2v) is 5.46. The van der Waals surface area contributed by atoms with E-state index in [0.717, 1.165) is 16.3 Å². The van der Waals surface area contributed by atoms with Crippen molar-refractivity contribution in [3.63, 3.8) is 0 Å². The van der Waals surface area contributed by atoms with Gasteiger partial charge >= 0.3 is 5.97 Å². The van der Waals surface area contributed by atoms with Gasteiger partial charge in [0.15, 0.2) is 0 Å². The van der Waals surface area contributed by atoms with E-state index in [1.54, 1.807) is 4.68 Å². The average molecular weight is 297 g/mol. The fourth-order valence-electron chi connectivity index (χ4n) is 1.67. The molecule has 6 heteroatoms. The third kappa shape index (κ3) is 3.75. The number of carboxylic acids is 1. The molecule has 0 aliphatic rings. The number of aliphatic carboxylic acids is 1. The predicted octanol–water partition coefficient (Wildman–Crippen LogP) is 3.07. The van der Waals surface area contributed by atoms with E-state index in [-0.39, 0.29) is 5.75 Å². The molecule has 0 atom stereocenters. The minimum absolute atomic E-state index is 0.0215. The van der Waals surface area contributed by atoms with Crippen LogP contribution in [0.25, 0.3) is 0 Å². The van der Waals surface area contributed by atoms with E-state index in [1.807, 2.05) is 37.3 Å². The summed E-state index contributed by atoms with van der Waals surface area (Å²) in [6, 6.07) is 9.44. The number of hydrogen-bond donors (Lipinski definition) is 1. The number of carbonyl (C=O) groups is 1. The van der Waals surface area contributed by atoms with Gasteiger partial charge in [-0.3, -0.25) is 9.48 Å². The highest BCUT2D eigenvalue weighted by atomic mass is 35.5. The lowest BCUT2D eigenvalue weighted by atomic mass is 10.2. The largest absolute Gasteiger partial charge is 0.481 e. The quantitative estimate of drug-likeness (QED) is 0.862. The predicted molar refractivity (Wildman–Crippen MR) is 75.9 cm³/mol. The van der Waals surface area contributed by atoms with Gasteiger partial charge in [0.05, 0.1) is 23.0 Å². The summed E-state index contributed by atoms with van der Waals surface area (Å²) in [5.74, 6) is -0.818. The number of benzene rings is 1. The fourth-order valence-corrected chi connectivity index (χ4v) is 2.65. The van der Waals surface area contributed by atoms with Gasteiger partial charge in [-0.25, -0.2) is 0 Å². The summed E-state index contributed by atoms with van der Waals surface area (Å²) in [4.78, 5) is 10.6. The van der Waals surface area contributed by atoms with Crippen molar-refractivity contribution < 1.29 is 9.90 Å². The molecule has 0 saturated carbocycles. The van der Waals surface area contributed by atoms with Crippen LogP contribution in [0, 0.1) is 6.92 Å². The smallest absolute Gasteiger partial charge is 0.313 e. The Bertz CT molecular complexity index is 598. The number of aryl methyl sites for hydroxylation is 1. The highest BCUT2D eigenvalue weighted by molar-refractivity contribution is 7.99. The molecule has 100 valence electrons. The zero-order valence-corrected chi connectivity index (χ0v) is 11.9. The van der Waals surface area contributed by atoms with Crippen LogP contribution in [-0.4, -0.2) is 26.6 Å². The van der Waals surface area contributed by atoms with Crippen LogP contribution in [0.4, 0.5) is 0 Å². The molecule has 4 nitrogen and oxygen atoms in total. The highest BCUT2D eigenvalue weighted by Crippen LogP contribution is 2.22. The zero-order valence-electron chi connectivity index (χ0n) is 10.3. The lowest BCUT2D eigenvalue weighted by Gasteiger charge is -2.07. The number of nitrogens with zero attached hydrogens (tertiary/aromatic N) is 2. The lowest BCUT2D eigenvalue weighted by molar-refractivity contribution is -0.133. The Morgan fingerprint density at radius 3 is 2.89 bits per heavy atom. The summed E-state index contributed by atoms with van der Waals surface area (Å²) in [6.45, 7) is 2.42. The van der Waals surface area contributed by atoms with Crippen molar-refractivity contribution in [1.82, 2.24) is 9.78 Å². The van der Waals surface area contributed by atoms with Crippen LogP contribution in [0.15, 0.2) is 35.4 Å². The molecule has 0 spiro atoms. The Morgan fingerprint density at radius 1 is 1.47 bits per heavy atom. The molecule has 2 aromatic rings. The topological polar surface area (TPSA) is 55.1 Å². The Kier molecular flexibility index (Phi) is 4.50. The second kappa shape index (κ2) is 6.12. The van der Waals surface area contributed by atoms with E-state index in [4.69, 9.17) is 16.7 Å². The summed E-state index contributed by atoms with van der Waals surface area (Å²) in [6.07, 6.45) is 0. The van der Waals surface area contributed by atoms with Gasteiger partial charge in [0.25, 0.3) is 0 Å². The molecule has 0 fully saturated rings. The Labute approximate surface area is 120 Å². The maximum atomic E-state index is 10.6. The zero-order chi connectivity index (χ0) is 13.8. The van der Waals surface area contributed by atoms with E-state index >= 15 is 0 Å². The van der Waals surface area contributed by atoms with Crippen molar-refractivity contribution in [3.8, 4) is 0 Å². The molecule has 1 N–H and O–H groups in total. The molecule has 19 heavy (non-hydrogen) atoms. The molecule has 0 saturated heterocycles. The minimum atomic E-state index is -0.840. The summed E-state index contributed by atoms with van der Waals surface area (Å²) in [5.41, 5.74) is 1.82. The maximum Gasteiger partial charge on any atom is 0.313 e. The second-order valence-electron chi connectivity index (χ2n) is 4.06. The van der Waals surface area contributed by atoms with Gasteiger partial charge in [-0.05, 0) is 24.6 Å². The minimum Gasteiger partial charge on any atom is -0.481 e. The van der Waals surface area contributed by atoms with E-state index in [2.05, 4.69) is 5.10 Å². The molecule has 0 radical (unpaired) electrons. The monoisotopic (exact) mass is 296 g/mol. The molecule has 0 unspecified atom stereocenters. The first-order valence-electron chi connectivity index (χ1n) is 5.68. The van der Waals surface area contributed by atoms with E-state index in [1.165, 1.54) is 11.8 Å². The van der Waals surface area contributed by atoms with E-state index in [0.29, 0.717) is 11.6 Å². The SMILES string of the molecule is Cc1cc(SCC(=O)O)n(Cc2ccccc2Cl)n1. The van der Waals surface area contributed by atoms with Crippen molar-refractivity contribution in [1.29, 1.82) is 0 Å². The number of halogens is 1. The molecular weight excluding hydrogens is 284 g/mol. The van der Waals surface area contributed by atoms with Crippen molar-refractivity contribution >= 4 is 29.3 Å². The Hall–Kier alpha value is -1.46. The Morgan fingerprint density at radius 2 is 2.21 bits per heavy atom. The Balaban J connectivity index is 2.20. The van der Waals surface area contributed by atoms with Gasteiger partial charge in [-0.15, -0.1) is 0 Å². The fraction of sp³-hybridized carbons (Fsp3) is 0.231. The average Bonchev–Trinajstić information content (AvgIpc) is 2.70. The molecule has 0 aliphatic carbocycles. The van der Waals surface area contributed by atoms with Crippen molar-refractivity contribution in [2.24, 2.45) is 0 Å². The van der Waals surface area contributed by atoms with Crippen molar-refractivity contribution in [2.75, 3.05) is 5.75 Å². The highest BCUT2D eigenvalue weighted by Gasteiger charge is 2.10. The summed E-state index contributed by atoms with van der Waals surface area (Å²) < 4.78 is 1.78. The van der Waals surface area contributed by atoms with Crippen LogP contribution in [-0.2, 0) is 11.3 Å². The van der Waals surface area contributed by atoms with Crippen molar-refractivity contribution in [2.45, 2.75) is 18.5 Å². The van der Waals surface area contributed by atoms with E-state index in [9.17, 15) is 4.79 Å². The van der Waals surface area contributed by atoms with Gasteiger partial charge in [0.2, 0.25) is 0 Å². The third-order valence-corrected chi connectivity index (χ3v) is 3.87. The molecule has 0 aliphatic heterocycles. The first-order chi connectivity index (χ1) is 9.06. The number of thioether (sulfide) groups is 1. The van der Waals surface area contributed by atoms with E-state index < -0.39 is 5.97 Å². The molecule has 0 bridgehead atoms. The van der Waals surface area contributed by atoms with Crippen LogP contribution >= 0.6 is 23.4 Å². The summed E-state index contributed by atoms with van der Waals surface area (Å²) in [7, 11) is 0. The van der Waals surface area contributed by atoms with Gasteiger partial charge < -0.3 is 5.11 Å². The van der Waals surface area contributed by atoms with Crippen molar-refractivity contribution in [3.05, 3.63) is 46.6 Å². The third-order valence-electron chi connectivity index (χ3n) is 2.49. The van der Waals surface area contributed by atoms with Gasteiger partial charge in [-0.1, -0.05) is 41.6 Å². The number of carboxylic acid groups (broad SMARTS) is 1. The first kappa shape index (κ1) is 14.0. The molecule has 1 aromatic carbocycles. The molecule has 2 rings (SSSR count). The van der Waals surface area contributed by atoms with Crippen LogP contribution in [0.1, 0.15) is 11.3 Å². The normalized spacial score (nSPS) is 10.6. The standard InChI is InChI=1S/C13H13ClN2O2S/c1-9-6-12(19-8-13(17)18)16(15-9)7-10-4-2-3-5-11(10)14/h2-6H,7-8H2,1H3,(H,17,18). The molecule has 0 amide bonds. The summed E-state index contributed by atoms with van der Waals surface area (Å²) in [5, 5.41) is 14.6. The number of rotatable bonds is 5. The van der Waals surface area contributed by atoms with Crippen LogP contribution in [0.2, 0.25) is 5.02 Å². The number of hydrogen-bond acceptors (Lipinski definition) is 3. The van der Waals surface area contributed by atoms with Gasteiger partial charge in [0, 0.05) is 5.02 Å². The first-order valence-corrected chi connectivity index (χ1v) is 7.05. The van der Waals surface area contributed by atoms with Crippen LogP contribution in [0.5, 0.6) is 0 Å². The van der Waals surface area contributed by atoms with Gasteiger partial charge in [0.1, 0.15) is 0 Å². The maximum absolute atomic E-state index is 10.6. The van der Waals surface area contributed by atoms with Gasteiger partial charge in [-0.2, -0.15) is 5.10 Å². The molecule has 1 heterocycles. The van der Waals surface area contributed by atoms with Crippen LogP contribution < -0.4 is 0 Å². The lowest BCUT2D eigenvalue weighted by Crippen LogP contribution is -2.05. The molecule has 1 aromatic heterocycles. The molecular formula is C13H13ClN2O2S. The summed E-state index contributed by atoms with van der Waals surface area (Å²) >= 11 is 7.38.